The molecule has 0 atom stereocenters. The summed E-state index contributed by atoms with van der Waals surface area (Å²) in [5.74, 6) is -0.755. The topological polar surface area (TPSA) is 52.7 Å². The van der Waals surface area contributed by atoms with Crippen LogP contribution in [0.2, 0.25) is 0 Å². The fourth-order valence-corrected chi connectivity index (χ4v) is 2.90. The van der Waals surface area contributed by atoms with Crippen LogP contribution >= 0.6 is 0 Å². The average Bonchev–Trinajstić information content (AvgIpc) is 2.67. The van der Waals surface area contributed by atoms with Gasteiger partial charge in [-0.2, -0.15) is 0 Å². The van der Waals surface area contributed by atoms with E-state index in [9.17, 15) is 14.0 Å². The first-order chi connectivity index (χ1) is 12.5. The molecule has 1 aliphatic rings. The maximum Gasteiger partial charge on any atom is 0.253 e. The van der Waals surface area contributed by atoms with E-state index in [4.69, 9.17) is 0 Å². The molecule has 0 aromatic heterocycles. The Morgan fingerprint density at radius 2 is 1.69 bits per heavy atom. The summed E-state index contributed by atoms with van der Waals surface area (Å²) in [7, 11) is 2.03. The smallest absolute Gasteiger partial charge is 0.253 e. The van der Waals surface area contributed by atoms with Crippen LogP contribution in [0, 0.1) is 5.82 Å². The van der Waals surface area contributed by atoms with Crippen molar-refractivity contribution in [3.63, 3.8) is 0 Å². The van der Waals surface area contributed by atoms with Crippen LogP contribution in [0.15, 0.2) is 48.5 Å². The van der Waals surface area contributed by atoms with Gasteiger partial charge in [0.05, 0.1) is 0 Å². The monoisotopic (exact) mass is 355 g/mol. The van der Waals surface area contributed by atoms with Gasteiger partial charge in [0, 0.05) is 49.4 Å². The SMILES string of the molecule is CN1CCN(C(=O)c2cccc(C(=O)NCc3ccccc3F)c2)CC1. The Morgan fingerprint density at radius 3 is 2.42 bits per heavy atom. The van der Waals surface area contributed by atoms with E-state index in [1.807, 2.05) is 7.05 Å². The normalized spacial score (nSPS) is 14.9. The first-order valence-electron chi connectivity index (χ1n) is 8.64. The average molecular weight is 355 g/mol. The van der Waals surface area contributed by atoms with Gasteiger partial charge in [0.15, 0.2) is 0 Å². The van der Waals surface area contributed by atoms with Crippen molar-refractivity contribution in [3.05, 3.63) is 71.0 Å². The van der Waals surface area contributed by atoms with Crippen LogP contribution in [-0.2, 0) is 6.54 Å². The zero-order chi connectivity index (χ0) is 18.5. The van der Waals surface area contributed by atoms with Crippen molar-refractivity contribution < 1.29 is 14.0 Å². The molecule has 0 spiro atoms. The molecule has 26 heavy (non-hydrogen) atoms. The number of hydrogen-bond acceptors (Lipinski definition) is 3. The number of carbonyl (C=O) groups excluding carboxylic acids is 2. The predicted octanol–water partition coefficient (Wildman–Crippen LogP) is 2.14. The number of likely N-dealkylation sites (N-methyl/N-ethyl adjacent to an activating group) is 1. The van der Waals surface area contributed by atoms with E-state index in [1.54, 1.807) is 47.4 Å². The number of benzene rings is 2. The molecule has 2 aromatic rings. The minimum atomic E-state index is -0.355. The summed E-state index contributed by atoms with van der Waals surface area (Å²) in [5.41, 5.74) is 1.31. The first-order valence-corrected chi connectivity index (χ1v) is 8.64. The van der Waals surface area contributed by atoms with Gasteiger partial charge in [0.1, 0.15) is 5.82 Å². The number of nitrogens with one attached hydrogen (secondary N) is 1. The Morgan fingerprint density at radius 1 is 1.00 bits per heavy atom. The molecule has 5 nitrogen and oxygen atoms in total. The van der Waals surface area contributed by atoms with Gasteiger partial charge in [-0.3, -0.25) is 9.59 Å². The van der Waals surface area contributed by atoms with Crippen LogP contribution < -0.4 is 5.32 Å². The van der Waals surface area contributed by atoms with E-state index >= 15 is 0 Å². The molecular weight excluding hydrogens is 333 g/mol. The Balaban J connectivity index is 1.65. The van der Waals surface area contributed by atoms with Gasteiger partial charge in [0.25, 0.3) is 11.8 Å². The van der Waals surface area contributed by atoms with Gasteiger partial charge in [-0.05, 0) is 31.3 Å². The summed E-state index contributed by atoms with van der Waals surface area (Å²) >= 11 is 0. The van der Waals surface area contributed by atoms with Crippen LogP contribution in [0.25, 0.3) is 0 Å². The van der Waals surface area contributed by atoms with Crippen molar-refractivity contribution in [1.82, 2.24) is 15.1 Å². The van der Waals surface area contributed by atoms with E-state index in [1.165, 1.54) is 6.07 Å². The lowest BCUT2D eigenvalue weighted by atomic mass is 10.1. The maximum atomic E-state index is 13.6. The Labute approximate surface area is 152 Å². The molecule has 1 fully saturated rings. The molecule has 0 radical (unpaired) electrons. The number of halogens is 1. The zero-order valence-electron chi connectivity index (χ0n) is 14.7. The van der Waals surface area contributed by atoms with Crippen LogP contribution in [0.4, 0.5) is 4.39 Å². The highest BCUT2D eigenvalue weighted by Crippen LogP contribution is 2.12. The van der Waals surface area contributed by atoms with Gasteiger partial charge in [0.2, 0.25) is 0 Å². The lowest BCUT2D eigenvalue weighted by Crippen LogP contribution is -2.47. The summed E-state index contributed by atoms with van der Waals surface area (Å²) in [6, 6.07) is 13.0. The quantitative estimate of drug-likeness (QED) is 0.914. The molecule has 2 amide bonds. The minimum Gasteiger partial charge on any atom is -0.348 e. The van der Waals surface area contributed by atoms with Gasteiger partial charge in [-0.1, -0.05) is 24.3 Å². The van der Waals surface area contributed by atoms with Gasteiger partial charge in [-0.25, -0.2) is 4.39 Å². The second-order valence-corrected chi connectivity index (χ2v) is 6.45. The summed E-state index contributed by atoms with van der Waals surface area (Å²) in [4.78, 5) is 29.0. The van der Waals surface area contributed by atoms with Crippen LogP contribution in [0.1, 0.15) is 26.3 Å². The third-order valence-electron chi connectivity index (χ3n) is 4.56. The zero-order valence-corrected chi connectivity index (χ0v) is 14.7. The molecule has 0 bridgehead atoms. The molecule has 1 saturated heterocycles. The fourth-order valence-electron chi connectivity index (χ4n) is 2.90. The predicted molar refractivity (Wildman–Crippen MR) is 97.4 cm³/mol. The van der Waals surface area contributed by atoms with Crippen LogP contribution in [0.3, 0.4) is 0 Å². The number of nitrogens with zero attached hydrogens (tertiary/aromatic N) is 2. The second kappa shape index (κ2) is 8.10. The van der Waals surface area contributed by atoms with Crippen molar-refractivity contribution in [3.8, 4) is 0 Å². The van der Waals surface area contributed by atoms with Crippen molar-refractivity contribution in [2.75, 3.05) is 33.2 Å². The molecule has 1 heterocycles. The number of rotatable bonds is 4. The minimum absolute atomic E-state index is 0.0677. The molecule has 3 rings (SSSR count). The number of amides is 2. The number of piperazine rings is 1. The summed E-state index contributed by atoms with van der Waals surface area (Å²) < 4.78 is 13.6. The van der Waals surface area contributed by atoms with E-state index < -0.39 is 0 Å². The van der Waals surface area contributed by atoms with Crippen molar-refractivity contribution in [2.24, 2.45) is 0 Å². The molecule has 136 valence electrons. The van der Waals surface area contributed by atoms with Crippen molar-refractivity contribution in [2.45, 2.75) is 6.54 Å². The van der Waals surface area contributed by atoms with E-state index in [2.05, 4.69) is 10.2 Å². The first kappa shape index (κ1) is 18.1. The second-order valence-electron chi connectivity index (χ2n) is 6.45. The summed E-state index contributed by atoms with van der Waals surface area (Å²) in [6.07, 6.45) is 0. The highest BCUT2D eigenvalue weighted by atomic mass is 19.1. The highest BCUT2D eigenvalue weighted by Gasteiger charge is 2.21. The Hall–Kier alpha value is -2.73. The third kappa shape index (κ3) is 4.26. The van der Waals surface area contributed by atoms with E-state index in [0.717, 1.165) is 13.1 Å². The molecule has 1 N–H and O–H groups in total. The largest absolute Gasteiger partial charge is 0.348 e. The molecular formula is C20H22FN3O2. The van der Waals surface area contributed by atoms with Crippen molar-refractivity contribution in [1.29, 1.82) is 0 Å². The van der Waals surface area contributed by atoms with E-state index in [0.29, 0.717) is 29.8 Å². The fraction of sp³-hybridized carbons (Fsp3) is 0.300. The number of hydrogen-bond donors (Lipinski definition) is 1. The van der Waals surface area contributed by atoms with E-state index in [-0.39, 0.29) is 24.2 Å². The van der Waals surface area contributed by atoms with Gasteiger partial charge < -0.3 is 15.1 Å². The highest BCUT2D eigenvalue weighted by molar-refractivity contribution is 5.99. The molecule has 6 heteroatoms. The Kier molecular flexibility index (Phi) is 5.63. The maximum absolute atomic E-state index is 13.6. The molecule has 0 aliphatic carbocycles. The lowest BCUT2D eigenvalue weighted by Gasteiger charge is -2.32. The van der Waals surface area contributed by atoms with Crippen molar-refractivity contribution >= 4 is 11.8 Å². The van der Waals surface area contributed by atoms with Crippen LogP contribution in [-0.4, -0.2) is 54.8 Å². The third-order valence-corrected chi connectivity index (χ3v) is 4.56. The summed E-state index contributed by atoms with van der Waals surface area (Å²) in [6.45, 7) is 3.14. The van der Waals surface area contributed by atoms with Gasteiger partial charge >= 0.3 is 0 Å². The summed E-state index contributed by atoms with van der Waals surface area (Å²) in [5, 5.41) is 2.70. The lowest BCUT2D eigenvalue weighted by molar-refractivity contribution is 0.0664. The molecule has 0 unspecified atom stereocenters. The van der Waals surface area contributed by atoms with Gasteiger partial charge in [-0.15, -0.1) is 0 Å². The molecule has 2 aromatic carbocycles. The standard InChI is InChI=1S/C20H22FN3O2/c1-23-9-11-24(12-10-23)20(26)16-7-4-6-15(13-16)19(25)22-14-17-5-2-3-8-18(17)21/h2-8,13H,9-12,14H2,1H3,(H,22,25). The number of carbonyl (C=O) groups is 2. The molecule has 1 aliphatic heterocycles. The molecule has 0 saturated carbocycles. The Bertz CT molecular complexity index is 801. The van der Waals surface area contributed by atoms with Crippen LogP contribution in [0.5, 0.6) is 0 Å².